The van der Waals surface area contributed by atoms with Crippen LogP contribution in [0.3, 0.4) is 0 Å². The van der Waals surface area contributed by atoms with Crippen molar-refractivity contribution in [2.75, 3.05) is 5.32 Å². The Morgan fingerprint density at radius 1 is 1.31 bits per heavy atom. The summed E-state index contributed by atoms with van der Waals surface area (Å²) in [5.41, 5.74) is -0.0181. The van der Waals surface area contributed by atoms with Crippen molar-refractivity contribution < 1.29 is 13.2 Å². The molecule has 1 N–H and O–H groups in total. The number of hydrogen-bond donors (Lipinski definition) is 1. The maximum Gasteiger partial charge on any atom is 0.196 e. The highest BCUT2D eigenvalue weighted by atomic mass is 19.2. The highest BCUT2D eigenvalue weighted by Gasteiger charge is 2.14. The molecule has 0 aromatic heterocycles. The topological polar surface area (TPSA) is 12.0 Å². The van der Waals surface area contributed by atoms with Crippen LogP contribution in [0.25, 0.3) is 0 Å². The Hall–Kier alpha value is -1.45. The molecule has 0 aliphatic carbocycles. The lowest BCUT2D eigenvalue weighted by Crippen LogP contribution is -2.16. The van der Waals surface area contributed by atoms with Crippen LogP contribution in [0.15, 0.2) is 24.8 Å². The quantitative estimate of drug-likeness (QED) is 0.597. The van der Waals surface area contributed by atoms with Crippen LogP contribution < -0.4 is 5.32 Å². The van der Waals surface area contributed by atoms with Crippen LogP contribution in [0.5, 0.6) is 0 Å². The molecule has 0 radical (unpaired) electrons. The van der Waals surface area contributed by atoms with E-state index < -0.39 is 17.5 Å². The van der Waals surface area contributed by atoms with Gasteiger partial charge in [-0.15, -0.1) is 6.58 Å². The zero-order valence-electron chi connectivity index (χ0n) is 9.06. The SMILES string of the molecule is C=CCCC(C)Nc1ccc(F)c(F)c1F. The van der Waals surface area contributed by atoms with Gasteiger partial charge in [0.2, 0.25) is 0 Å². The van der Waals surface area contributed by atoms with Gasteiger partial charge in [-0.3, -0.25) is 0 Å². The van der Waals surface area contributed by atoms with E-state index in [9.17, 15) is 13.2 Å². The molecule has 0 saturated carbocycles. The fourth-order valence-corrected chi connectivity index (χ4v) is 1.34. The first-order valence-corrected chi connectivity index (χ1v) is 5.07. The van der Waals surface area contributed by atoms with Gasteiger partial charge in [-0.2, -0.15) is 0 Å². The van der Waals surface area contributed by atoms with Crippen molar-refractivity contribution in [3.63, 3.8) is 0 Å². The molecule has 0 fully saturated rings. The lowest BCUT2D eigenvalue weighted by atomic mass is 10.1. The van der Waals surface area contributed by atoms with Crippen LogP contribution in [-0.2, 0) is 0 Å². The Morgan fingerprint density at radius 2 is 2.00 bits per heavy atom. The summed E-state index contributed by atoms with van der Waals surface area (Å²) in [6.07, 6.45) is 3.28. The number of benzene rings is 1. The van der Waals surface area contributed by atoms with Crippen LogP contribution in [0.2, 0.25) is 0 Å². The maximum absolute atomic E-state index is 13.2. The Bertz CT molecular complexity index is 377. The summed E-state index contributed by atoms with van der Waals surface area (Å²) in [7, 11) is 0. The van der Waals surface area contributed by atoms with E-state index in [4.69, 9.17) is 0 Å². The van der Waals surface area contributed by atoms with Gasteiger partial charge in [0.1, 0.15) is 0 Å². The van der Waals surface area contributed by atoms with Gasteiger partial charge in [0.05, 0.1) is 5.69 Å². The highest BCUT2D eigenvalue weighted by Crippen LogP contribution is 2.20. The predicted molar refractivity (Wildman–Crippen MR) is 58.8 cm³/mol. The fourth-order valence-electron chi connectivity index (χ4n) is 1.34. The van der Waals surface area contributed by atoms with E-state index in [1.165, 1.54) is 6.07 Å². The third-order valence-corrected chi connectivity index (χ3v) is 2.24. The maximum atomic E-state index is 13.2. The molecule has 0 heterocycles. The first-order chi connectivity index (χ1) is 7.56. The molecular formula is C12H14F3N. The van der Waals surface area contributed by atoms with Crippen LogP contribution in [0.1, 0.15) is 19.8 Å². The largest absolute Gasteiger partial charge is 0.380 e. The summed E-state index contributed by atoms with van der Waals surface area (Å²) < 4.78 is 38.8. The van der Waals surface area contributed by atoms with Crippen molar-refractivity contribution >= 4 is 5.69 Å². The third kappa shape index (κ3) is 3.02. The van der Waals surface area contributed by atoms with E-state index in [2.05, 4.69) is 11.9 Å². The van der Waals surface area contributed by atoms with Gasteiger partial charge in [-0.25, -0.2) is 13.2 Å². The van der Waals surface area contributed by atoms with Crippen molar-refractivity contribution in [2.24, 2.45) is 0 Å². The normalized spacial score (nSPS) is 12.2. The van der Waals surface area contributed by atoms with E-state index in [-0.39, 0.29) is 11.7 Å². The van der Waals surface area contributed by atoms with E-state index in [0.29, 0.717) is 0 Å². The highest BCUT2D eigenvalue weighted by molar-refractivity contribution is 5.46. The molecule has 0 aliphatic heterocycles. The van der Waals surface area contributed by atoms with Crippen molar-refractivity contribution in [3.05, 3.63) is 42.2 Å². The van der Waals surface area contributed by atoms with Gasteiger partial charge in [0, 0.05) is 6.04 Å². The second kappa shape index (κ2) is 5.58. The van der Waals surface area contributed by atoms with Crippen molar-refractivity contribution in [1.82, 2.24) is 0 Å². The van der Waals surface area contributed by atoms with Crippen LogP contribution >= 0.6 is 0 Å². The summed E-state index contributed by atoms with van der Waals surface area (Å²) in [5.74, 6) is -3.80. The van der Waals surface area contributed by atoms with E-state index in [0.717, 1.165) is 18.9 Å². The number of rotatable bonds is 5. The monoisotopic (exact) mass is 229 g/mol. The molecule has 1 aromatic carbocycles. The zero-order valence-corrected chi connectivity index (χ0v) is 9.06. The van der Waals surface area contributed by atoms with Gasteiger partial charge in [0.15, 0.2) is 17.5 Å². The summed E-state index contributed by atoms with van der Waals surface area (Å²) in [6, 6.07) is 2.07. The van der Waals surface area contributed by atoms with Crippen LogP contribution in [0.4, 0.5) is 18.9 Å². The molecule has 0 amide bonds. The Kier molecular flexibility index (Phi) is 4.40. The fraction of sp³-hybridized carbons (Fsp3) is 0.333. The van der Waals surface area contributed by atoms with Crippen molar-refractivity contribution in [1.29, 1.82) is 0 Å². The van der Waals surface area contributed by atoms with Gasteiger partial charge in [-0.05, 0) is 31.9 Å². The molecule has 16 heavy (non-hydrogen) atoms. The second-order valence-electron chi connectivity index (χ2n) is 3.63. The first-order valence-electron chi connectivity index (χ1n) is 5.07. The lowest BCUT2D eigenvalue weighted by Gasteiger charge is -2.15. The smallest absolute Gasteiger partial charge is 0.196 e. The van der Waals surface area contributed by atoms with E-state index >= 15 is 0 Å². The molecule has 88 valence electrons. The minimum atomic E-state index is -1.44. The average molecular weight is 229 g/mol. The molecular weight excluding hydrogens is 215 g/mol. The number of allylic oxidation sites excluding steroid dienone is 1. The molecule has 0 saturated heterocycles. The average Bonchev–Trinajstić information content (AvgIpc) is 2.27. The van der Waals surface area contributed by atoms with Crippen molar-refractivity contribution in [3.8, 4) is 0 Å². The number of halogens is 3. The molecule has 1 unspecified atom stereocenters. The van der Waals surface area contributed by atoms with Gasteiger partial charge >= 0.3 is 0 Å². The van der Waals surface area contributed by atoms with Gasteiger partial charge in [0.25, 0.3) is 0 Å². The van der Waals surface area contributed by atoms with E-state index in [1.54, 1.807) is 6.08 Å². The number of nitrogens with one attached hydrogen (secondary N) is 1. The number of anilines is 1. The summed E-state index contributed by atoms with van der Waals surface area (Å²) >= 11 is 0. The molecule has 1 rings (SSSR count). The molecule has 0 spiro atoms. The molecule has 0 aliphatic rings. The first kappa shape index (κ1) is 12.6. The third-order valence-electron chi connectivity index (χ3n) is 2.24. The minimum Gasteiger partial charge on any atom is -0.380 e. The molecule has 0 bridgehead atoms. The Balaban J connectivity index is 2.74. The minimum absolute atomic E-state index is 0.0181. The Morgan fingerprint density at radius 3 is 2.62 bits per heavy atom. The summed E-state index contributed by atoms with van der Waals surface area (Å²) in [4.78, 5) is 0. The second-order valence-corrected chi connectivity index (χ2v) is 3.63. The summed E-state index contributed by atoms with van der Waals surface area (Å²) in [5, 5.41) is 2.78. The van der Waals surface area contributed by atoms with Crippen molar-refractivity contribution in [2.45, 2.75) is 25.8 Å². The van der Waals surface area contributed by atoms with E-state index in [1.807, 2.05) is 6.92 Å². The molecule has 1 atom stereocenters. The van der Waals surface area contributed by atoms with Crippen LogP contribution in [0, 0.1) is 17.5 Å². The molecule has 1 nitrogen and oxygen atoms in total. The van der Waals surface area contributed by atoms with Gasteiger partial charge < -0.3 is 5.32 Å². The summed E-state index contributed by atoms with van der Waals surface area (Å²) in [6.45, 7) is 5.41. The number of hydrogen-bond acceptors (Lipinski definition) is 1. The van der Waals surface area contributed by atoms with Gasteiger partial charge in [-0.1, -0.05) is 6.08 Å². The Labute approximate surface area is 93.0 Å². The molecule has 4 heteroatoms. The zero-order chi connectivity index (χ0) is 12.1. The molecule has 1 aromatic rings. The standard InChI is InChI=1S/C12H14F3N/c1-3-4-5-8(2)16-10-7-6-9(13)11(14)12(10)15/h3,6-8,16H,1,4-5H2,2H3. The lowest BCUT2D eigenvalue weighted by molar-refractivity contribution is 0.448. The predicted octanol–water partition coefficient (Wildman–Crippen LogP) is 3.87. The van der Waals surface area contributed by atoms with Crippen LogP contribution in [-0.4, -0.2) is 6.04 Å².